The SMILES string of the molecule is Cc1coc(-c2cc(NC(=O)N[C@@H]3C=C[C@H](CO)C3)ccc2C)n1. The number of oxazole rings is 1. The third kappa shape index (κ3) is 3.65. The molecule has 0 radical (unpaired) electrons. The lowest BCUT2D eigenvalue weighted by Gasteiger charge is -2.14. The van der Waals surface area contributed by atoms with E-state index in [2.05, 4.69) is 15.6 Å². The molecule has 2 aromatic rings. The molecule has 1 aromatic heterocycles. The number of nitrogens with zero attached hydrogens (tertiary/aromatic N) is 1. The van der Waals surface area contributed by atoms with Gasteiger partial charge in [0, 0.05) is 29.8 Å². The molecule has 6 nitrogen and oxygen atoms in total. The molecule has 24 heavy (non-hydrogen) atoms. The number of carbonyl (C=O) groups excluding carboxylic acids is 1. The summed E-state index contributed by atoms with van der Waals surface area (Å²) in [6.07, 6.45) is 6.17. The smallest absolute Gasteiger partial charge is 0.319 e. The molecule has 0 bridgehead atoms. The van der Waals surface area contributed by atoms with Crippen LogP contribution in [0.5, 0.6) is 0 Å². The number of aryl methyl sites for hydroxylation is 2. The highest BCUT2D eigenvalue weighted by atomic mass is 16.3. The number of anilines is 1. The van der Waals surface area contributed by atoms with Crippen molar-refractivity contribution in [3.63, 3.8) is 0 Å². The molecule has 6 heteroatoms. The van der Waals surface area contributed by atoms with Crippen LogP contribution in [0.3, 0.4) is 0 Å². The van der Waals surface area contributed by atoms with Gasteiger partial charge in [0.25, 0.3) is 0 Å². The Labute approximate surface area is 140 Å². The molecule has 1 aromatic carbocycles. The molecule has 1 heterocycles. The number of carbonyl (C=O) groups is 1. The largest absolute Gasteiger partial charge is 0.444 e. The number of aliphatic hydroxyl groups is 1. The first-order chi connectivity index (χ1) is 11.5. The van der Waals surface area contributed by atoms with Crippen LogP contribution in [0, 0.1) is 19.8 Å². The molecule has 0 saturated heterocycles. The van der Waals surface area contributed by atoms with Crippen LogP contribution in [-0.2, 0) is 0 Å². The molecule has 126 valence electrons. The van der Waals surface area contributed by atoms with Gasteiger partial charge in [-0.05, 0) is 38.0 Å². The first kappa shape index (κ1) is 16.3. The summed E-state index contributed by atoms with van der Waals surface area (Å²) < 4.78 is 5.45. The predicted molar refractivity (Wildman–Crippen MR) is 91.7 cm³/mol. The van der Waals surface area contributed by atoms with Crippen molar-refractivity contribution in [3.05, 3.63) is 47.9 Å². The van der Waals surface area contributed by atoms with E-state index < -0.39 is 0 Å². The normalized spacial score (nSPS) is 19.5. The first-order valence-corrected chi connectivity index (χ1v) is 7.95. The van der Waals surface area contributed by atoms with E-state index in [0.29, 0.717) is 11.6 Å². The molecular weight excluding hydrogens is 306 g/mol. The van der Waals surface area contributed by atoms with E-state index >= 15 is 0 Å². The summed E-state index contributed by atoms with van der Waals surface area (Å²) in [7, 11) is 0. The van der Waals surface area contributed by atoms with Crippen LogP contribution < -0.4 is 10.6 Å². The average molecular weight is 327 g/mol. The van der Waals surface area contributed by atoms with Crippen molar-refractivity contribution in [2.45, 2.75) is 26.3 Å². The molecule has 2 atom stereocenters. The van der Waals surface area contributed by atoms with Gasteiger partial charge in [-0.3, -0.25) is 0 Å². The van der Waals surface area contributed by atoms with E-state index in [-0.39, 0.29) is 24.6 Å². The zero-order valence-corrected chi connectivity index (χ0v) is 13.7. The molecule has 0 spiro atoms. The highest BCUT2D eigenvalue weighted by molar-refractivity contribution is 5.90. The van der Waals surface area contributed by atoms with E-state index in [9.17, 15) is 4.79 Å². The van der Waals surface area contributed by atoms with Crippen LogP contribution in [0.25, 0.3) is 11.5 Å². The Morgan fingerprint density at radius 2 is 2.21 bits per heavy atom. The maximum Gasteiger partial charge on any atom is 0.319 e. The third-order valence-corrected chi connectivity index (χ3v) is 4.07. The summed E-state index contributed by atoms with van der Waals surface area (Å²) in [5.74, 6) is 0.660. The monoisotopic (exact) mass is 327 g/mol. The van der Waals surface area contributed by atoms with Gasteiger partial charge in [0.1, 0.15) is 6.26 Å². The Hall–Kier alpha value is -2.60. The quantitative estimate of drug-likeness (QED) is 0.753. The lowest BCUT2D eigenvalue weighted by molar-refractivity contribution is 0.238. The van der Waals surface area contributed by atoms with Gasteiger partial charge < -0.3 is 20.2 Å². The number of nitrogens with one attached hydrogen (secondary N) is 2. The standard InChI is InChI=1S/C18H21N3O3/c1-11-3-5-15(8-16(11)17-19-12(2)10-24-17)21-18(23)20-14-6-4-13(7-14)9-22/h3-6,8,10,13-14,22H,7,9H2,1-2H3,(H2,20,21,23)/t13-,14+/m0/s1. The average Bonchev–Trinajstić information content (AvgIpc) is 3.18. The predicted octanol–water partition coefficient (Wildman–Crippen LogP) is 3.02. The van der Waals surface area contributed by atoms with Crippen molar-refractivity contribution >= 4 is 11.7 Å². The topological polar surface area (TPSA) is 87.4 Å². The molecule has 0 unspecified atom stereocenters. The third-order valence-electron chi connectivity index (χ3n) is 4.07. The van der Waals surface area contributed by atoms with E-state index in [1.54, 1.807) is 6.26 Å². The molecule has 0 aliphatic heterocycles. The van der Waals surface area contributed by atoms with E-state index in [0.717, 1.165) is 23.2 Å². The molecule has 1 aliphatic carbocycles. The second-order valence-corrected chi connectivity index (χ2v) is 6.09. The zero-order chi connectivity index (χ0) is 17.1. The van der Waals surface area contributed by atoms with Gasteiger partial charge >= 0.3 is 6.03 Å². The Bertz CT molecular complexity index is 767. The van der Waals surface area contributed by atoms with Crippen molar-refractivity contribution in [1.29, 1.82) is 0 Å². The highest BCUT2D eigenvalue weighted by Crippen LogP contribution is 2.26. The fourth-order valence-electron chi connectivity index (χ4n) is 2.76. The maximum atomic E-state index is 12.1. The summed E-state index contributed by atoms with van der Waals surface area (Å²) in [5, 5.41) is 14.8. The van der Waals surface area contributed by atoms with Gasteiger partial charge in [-0.1, -0.05) is 18.2 Å². The lowest BCUT2D eigenvalue weighted by atomic mass is 10.1. The number of rotatable bonds is 4. The highest BCUT2D eigenvalue weighted by Gasteiger charge is 2.19. The molecule has 0 saturated carbocycles. The van der Waals surface area contributed by atoms with Gasteiger partial charge in [0.15, 0.2) is 0 Å². The lowest BCUT2D eigenvalue weighted by Crippen LogP contribution is -2.36. The van der Waals surface area contributed by atoms with Crippen LogP contribution in [0.15, 0.2) is 41.0 Å². The zero-order valence-electron chi connectivity index (χ0n) is 13.7. The Balaban J connectivity index is 1.67. The van der Waals surface area contributed by atoms with Crippen molar-refractivity contribution in [2.24, 2.45) is 5.92 Å². The Kier molecular flexibility index (Phi) is 4.66. The number of hydrogen-bond acceptors (Lipinski definition) is 4. The molecule has 3 rings (SSSR count). The van der Waals surface area contributed by atoms with Gasteiger partial charge in [-0.15, -0.1) is 0 Å². The van der Waals surface area contributed by atoms with Gasteiger partial charge in [0.05, 0.1) is 5.69 Å². The maximum absolute atomic E-state index is 12.1. The van der Waals surface area contributed by atoms with Gasteiger partial charge in [0.2, 0.25) is 5.89 Å². The fourth-order valence-corrected chi connectivity index (χ4v) is 2.76. The molecular formula is C18H21N3O3. The summed E-state index contributed by atoms with van der Waals surface area (Å²) in [6.45, 7) is 3.94. The van der Waals surface area contributed by atoms with Gasteiger partial charge in [-0.2, -0.15) is 0 Å². The van der Waals surface area contributed by atoms with Crippen LogP contribution in [-0.4, -0.2) is 28.8 Å². The van der Waals surface area contributed by atoms with E-state index in [1.807, 2.05) is 44.2 Å². The summed E-state index contributed by atoms with van der Waals surface area (Å²) in [6, 6.07) is 5.28. The molecule has 1 aliphatic rings. The number of aromatic nitrogens is 1. The number of urea groups is 1. The fraction of sp³-hybridized carbons (Fsp3) is 0.333. The number of benzene rings is 1. The van der Waals surface area contributed by atoms with Crippen LogP contribution >= 0.6 is 0 Å². The number of amides is 2. The minimum absolute atomic E-state index is 0.0542. The van der Waals surface area contributed by atoms with Crippen molar-refractivity contribution < 1.29 is 14.3 Å². The summed E-state index contributed by atoms with van der Waals surface area (Å²) >= 11 is 0. The van der Waals surface area contributed by atoms with Gasteiger partial charge in [-0.25, -0.2) is 9.78 Å². The second-order valence-electron chi connectivity index (χ2n) is 6.09. The van der Waals surface area contributed by atoms with Crippen LogP contribution in [0.1, 0.15) is 17.7 Å². The first-order valence-electron chi connectivity index (χ1n) is 7.95. The van der Waals surface area contributed by atoms with Crippen molar-refractivity contribution in [3.8, 4) is 11.5 Å². The van der Waals surface area contributed by atoms with E-state index in [4.69, 9.17) is 9.52 Å². The minimum Gasteiger partial charge on any atom is -0.444 e. The number of hydrogen-bond donors (Lipinski definition) is 3. The molecule has 2 amide bonds. The van der Waals surface area contributed by atoms with Crippen molar-refractivity contribution in [2.75, 3.05) is 11.9 Å². The van der Waals surface area contributed by atoms with Crippen LogP contribution in [0.4, 0.5) is 10.5 Å². The summed E-state index contributed by atoms with van der Waals surface area (Å²) in [5.41, 5.74) is 3.35. The summed E-state index contributed by atoms with van der Waals surface area (Å²) in [4.78, 5) is 16.5. The molecule has 3 N–H and O–H groups in total. The minimum atomic E-state index is -0.276. The van der Waals surface area contributed by atoms with Crippen LogP contribution in [0.2, 0.25) is 0 Å². The Morgan fingerprint density at radius 1 is 1.38 bits per heavy atom. The second kappa shape index (κ2) is 6.88. The number of aliphatic hydroxyl groups excluding tert-OH is 1. The van der Waals surface area contributed by atoms with Crippen molar-refractivity contribution in [1.82, 2.24) is 10.3 Å². The Morgan fingerprint density at radius 3 is 2.88 bits per heavy atom. The van der Waals surface area contributed by atoms with E-state index in [1.165, 1.54) is 0 Å². The molecule has 0 fully saturated rings.